The number of nitrogens with zero attached hydrogens (tertiary/aromatic N) is 5. The molecule has 2 atom stereocenters. The van der Waals surface area contributed by atoms with Gasteiger partial charge in [-0.05, 0) is 43.7 Å². The van der Waals surface area contributed by atoms with E-state index in [1.807, 2.05) is 29.8 Å². The van der Waals surface area contributed by atoms with E-state index in [0.29, 0.717) is 23.9 Å². The van der Waals surface area contributed by atoms with E-state index in [2.05, 4.69) is 26.9 Å². The summed E-state index contributed by atoms with van der Waals surface area (Å²) in [4.78, 5) is 22.2. The van der Waals surface area contributed by atoms with Gasteiger partial charge in [0.1, 0.15) is 5.82 Å². The minimum atomic E-state index is 0.129. The number of fused-ring (bicyclic) bond motifs is 4. The minimum Gasteiger partial charge on any atom is -0.472 e. The van der Waals surface area contributed by atoms with Crippen molar-refractivity contribution in [2.45, 2.75) is 32.0 Å². The number of hydrogen-bond acceptors (Lipinski definition) is 6. The highest BCUT2D eigenvalue weighted by atomic mass is 16.3. The van der Waals surface area contributed by atoms with Crippen LogP contribution in [-0.4, -0.2) is 34.6 Å². The normalized spacial score (nSPS) is 19.8. The number of pyridine rings is 2. The molecule has 7 nitrogen and oxygen atoms in total. The summed E-state index contributed by atoms with van der Waals surface area (Å²) in [5.74, 6) is 1.54. The molecule has 2 aliphatic heterocycles. The van der Waals surface area contributed by atoms with E-state index in [-0.39, 0.29) is 5.56 Å². The molecule has 0 radical (unpaired) electrons. The van der Waals surface area contributed by atoms with Crippen LogP contribution in [0.15, 0.2) is 58.3 Å². The van der Waals surface area contributed by atoms with Gasteiger partial charge in [0.05, 0.1) is 24.2 Å². The monoisotopic (exact) mass is 415 g/mol. The molecule has 158 valence electrons. The second-order valence-electron chi connectivity index (χ2n) is 8.72. The zero-order valence-electron chi connectivity index (χ0n) is 17.6. The highest BCUT2D eigenvalue weighted by Gasteiger charge is 2.35. The number of nitriles is 1. The Bertz CT molecular complexity index is 1180. The summed E-state index contributed by atoms with van der Waals surface area (Å²) in [5.41, 5.74) is 3.80. The third-order valence-electron chi connectivity index (χ3n) is 6.35. The Morgan fingerprint density at radius 3 is 2.94 bits per heavy atom. The van der Waals surface area contributed by atoms with Gasteiger partial charge in [-0.1, -0.05) is 6.07 Å². The van der Waals surface area contributed by atoms with Crippen LogP contribution < -0.4 is 10.5 Å². The van der Waals surface area contributed by atoms with Crippen LogP contribution in [0.5, 0.6) is 0 Å². The quantitative estimate of drug-likeness (QED) is 0.638. The van der Waals surface area contributed by atoms with Gasteiger partial charge in [0.25, 0.3) is 5.56 Å². The van der Waals surface area contributed by atoms with Crippen molar-refractivity contribution in [3.63, 3.8) is 0 Å². The molecule has 0 saturated carbocycles. The largest absolute Gasteiger partial charge is 0.472 e. The van der Waals surface area contributed by atoms with Crippen molar-refractivity contribution in [1.29, 1.82) is 5.26 Å². The van der Waals surface area contributed by atoms with Gasteiger partial charge < -0.3 is 13.9 Å². The molecule has 31 heavy (non-hydrogen) atoms. The molecule has 0 N–H and O–H groups in total. The molecule has 0 aromatic carbocycles. The molecule has 2 bridgehead atoms. The molecule has 1 fully saturated rings. The van der Waals surface area contributed by atoms with Gasteiger partial charge >= 0.3 is 0 Å². The molecule has 5 rings (SSSR count). The number of aromatic nitrogens is 2. The maximum absolute atomic E-state index is 13.3. The van der Waals surface area contributed by atoms with Crippen molar-refractivity contribution < 1.29 is 4.42 Å². The first-order valence-electron chi connectivity index (χ1n) is 10.6. The first-order chi connectivity index (χ1) is 15.1. The third kappa shape index (κ3) is 3.87. The fraction of sp³-hybridized carbons (Fsp3) is 0.375. The standard InChI is InChI=1S/C24H25N5O2/c1-27(11-18-5-7-31-16-18)14-20-2-3-22-21-8-19(13-29(22)24(20)30)12-28(15-21)23-9-17(10-25)4-6-26-23/h2-7,9,16,19,21H,8,11-15H2,1H3/t19-,21+/m0/s1. The Balaban J connectivity index is 1.36. The number of anilines is 1. The maximum Gasteiger partial charge on any atom is 0.255 e. The topological polar surface area (TPSA) is 78.3 Å². The molecule has 7 heteroatoms. The zero-order valence-corrected chi connectivity index (χ0v) is 17.6. The summed E-state index contributed by atoms with van der Waals surface area (Å²) in [7, 11) is 2.02. The molecular weight excluding hydrogens is 390 g/mol. The molecular formula is C24H25N5O2. The van der Waals surface area contributed by atoms with Crippen molar-refractivity contribution in [3.8, 4) is 6.07 Å². The van der Waals surface area contributed by atoms with E-state index in [0.717, 1.165) is 55.2 Å². The first kappa shape index (κ1) is 19.6. The lowest BCUT2D eigenvalue weighted by molar-refractivity contribution is 0.276. The van der Waals surface area contributed by atoms with Crippen LogP contribution in [0.2, 0.25) is 0 Å². The van der Waals surface area contributed by atoms with Crippen LogP contribution >= 0.6 is 0 Å². The summed E-state index contributed by atoms with van der Waals surface area (Å²) in [6.45, 7) is 3.76. The Kier molecular flexibility index (Phi) is 5.08. The van der Waals surface area contributed by atoms with Crippen LogP contribution in [0.4, 0.5) is 5.82 Å². The van der Waals surface area contributed by atoms with Crippen LogP contribution in [-0.2, 0) is 19.6 Å². The summed E-state index contributed by atoms with van der Waals surface area (Å²) in [6, 6.07) is 11.9. The first-order valence-corrected chi connectivity index (χ1v) is 10.6. The molecule has 0 amide bonds. The van der Waals surface area contributed by atoms with E-state index in [1.165, 1.54) is 0 Å². The molecule has 2 aliphatic rings. The summed E-state index contributed by atoms with van der Waals surface area (Å²) < 4.78 is 7.14. The average molecular weight is 415 g/mol. The molecule has 3 aromatic heterocycles. The van der Waals surface area contributed by atoms with Crippen molar-refractivity contribution in [3.05, 3.63) is 81.8 Å². The lowest BCUT2D eigenvalue weighted by Crippen LogP contribution is -2.48. The predicted octanol–water partition coefficient (Wildman–Crippen LogP) is 2.96. The Labute approximate surface area is 181 Å². The summed E-state index contributed by atoms with van der Waals surface area (Å²) in [5, 5.41) is 9.20. The Hall–Kier alpha value is -3.37. The highest BCUT2D eigenvalue weighted by Crippen LogP contribution is 2.36. The second kappa shape index (κ2) is 8.05. The van der Waals surface area contributed by atoms with Crippen LogP contribution in [0, 0.1) is 17.2 Å². The van der Waals surface area contributed by atoms with E-state index in [4.69, 9.17) is 4.42 Å². The molecule has 3 aromatic rings. The second-order valence-corrected chi connectivity index (χ2v) is 8.72. The highest BCUT2D eigenvalue weighted by molar-refractivity contribution is 5.46. The Morgan fingerprint density at radius 2 is 2.13 bits per heavy atom. The predicted molar refractivity (Wildman–Crippen MR) is 117 cm³/mol. The molecule has 5 heterocycles. The average Bonchev–Trinajstić information content (AvgIpc) is 3.29. The van der Waals surface area contributed by atoms with Crippen molar-refractivity contribution in [2.24, 2.45) is 5.92 Å². The number of hydrogen-bond donors (Lipinski definition) is 0. The van der Waals surface area contributed by atoms with Crippen molar-refractivity contribution in [2.75, 3.05) is 25.0 Å². The van der Waals surface area contributed by atoms with Crippen LogP contribution in [0.3, 0.4) is 0 Å². The van der Waals surface area contributed by atoms with Crippen LogP contribution in [0.25, 0.3) is 0 Å². The van der Waals surface area contributed by atoms with Gasteiger partial charge in [0.15, 0.2) is 0 Å². The molecule has 0 spiro atoms. The van der Waals surface area contributed by atoms with E-state index >= 15 is 0 Å². The van der Waals surface area contributed by atoms with Crippen molar-refractivity contribution >= 4 is 5.82 Å². The molecule has 1 saturated heterocycles. The zero-order chi connectivity index (χ0) is 21.4. The Morgan fingerprint density at radius 1 is 1.23 bits per heavy atom. The van der Waals surface area contributed by atoms with Gasteiger partial charge in [-0.15, -0.1) is 0 Å². The van der Waals surface area contributed by atoms with Gasteiger partial charge in [-0.25, -0.2) is 4.98 Å². The van der Waals surface area contributed by atoms with Gasteiger partial charge in [0.2, 0.25) is 0 Å². The number of rotatable bonds is 5. The minimum absolute atomic E-state index is 0.129. The fourth-order valence-corrected chi connectivity index (χ4v) is 5.00. The van der Waals surface area contributed by atoms with Gasteiger partial charge in [0, 0.05) is 61.7 Å². The smallest absolute Gasteiger partial charge is 0.255 e. The fourth-order valence-electron chi connectivity index (χ4n) is 5.00. The number of piperidine rings is 1. The van der Waals surface area contributed by atoms with E-state index in [9.17, 15) is 10.1 Å². The lowest BCUT2D eigenvalue weighted by Gasteiger charge is -2.43. The maximum atomic E-state index is 13.3. The molecule has 0 unspecified atom stereocenters. The lowest BCUT2D eigenvalue weighted by atomic mass is 9.83. The van der Waals surface area contributed by atoms with Gasteiger partial charge in [-0.3, -0.25) is 9.69 Å². The van der Waals surface area contributed by atoms with E-state index < -0.39 is 0 Å². The summed E-state index contributed by atoms with van der Waals surface area (Å²) >= 11 is 0. The third-order valence-corrected chi connectivity index (χ3v) is 6.35. The van der Waals surface area contributed by atoms with E-state index in [1.54, 1.807) is 24.8 Å². The number of furan rings is 1. The van der Waals surface area contributed by atoms with Crippen molar-refractivity contribution in [1.82, 2.24) is 14.5 Å². The SMILES string of the molecule is CN(Cc1ccoc1)Cc1ccc2n(c1=O)C[C@H]1C[C@@H]2CN(c2cc(C#N)ccn2)C1. The molecule has 0 aliphatic carbocycles. The van der Waals surface area contributed by atoms with Crippen LogP contribution in [0.1, 0.15) is 34.7 Å². The summed E-state index contributed by atoms with van der Waals surface area (Å²) in [6.07, 6.45) is 6.20. The van der Waals surface area contributed by atoms with Gasteiger partial charge in [-0.2, -0.15) is 5.26 Å².